The maximum Gasteiger partial charge on any atom is 0.264 e. The van der Waals surface area contributed by atoms with Crippen LogP contribution in [0.2, 0.25) is 5.02 Å². The van der Waals surface area contributed by atoms with Crippen LogP contribution in [-0.2, 0) is 14.8 Å². The predicted octanol–water partition coefficient (Wildman–Crippen LogP) is 4.73. The highest BCUT2D eigenvalue weighted by molar-refractivity contribution is 7.92. The highest BCUT2D eigenvalue weighted by Gasteiger charge is 2.30. The molecule has 0 heterocycles. The average Bonchev–Trinajstić information content (AvgIpc) is 2.78. The van der Waals surface area contributed by atoms with Crippen molar-refractivity contribution < 1.29 is 17.9 Å². The van der Waals surface area contributed by atoms with Gasteiger partial charge in [0.2, 0.25) is 5.91 Å². The number of anilines is 1. The number of nitrogens with zero attached hydrogens (tertiary/aromatic N) is 1. The molecule has 3 aromatic carbocycles. The van der Waals surface area contributed by atoms with Crippen molar-refractivity contribution >= 4 is 33.2 Å². The van der Waals surface area contributed by atoms with E-state index in [0.717, 1.165) is 15.4 Å². The monoisotopic (exact) mass is 472 g/mol. The summed E-state index contributed by atoms with van der Waals surface area (Å²) >= 11 is 6.15. The molecule has 6 nitrogen and oxygen atoms in total. The Balaban J connectivity index is 1.95. The van der Waals surface area contributed by atoms with Crippen molar-refractivity contribution in [2.45, 2.75) is 24.8 Å². The Hall–Kier alpha value is -3.03. The number of carbonyl (C=O) groups excluding carboxylic acids is 1. The van der Waals surface area contributed by atoms with Gasteiger partial charge >= 0.3 is 0 Å². The van der Waals surface area contributed by atoms with E-state index in [1.807, 2.05) is 38.1 Å². The molecule has 0 saturated carbocycles. The SMILES string of the molecule is COc1ccc(Cl)cc1N(CC(=O)N[C@@H](C)c1ccc(C)cc1)S(=O)(=O)c1ccccc1. The van der Waals surface area contributed by atoms with Crippen LogP contribution in [0.15, 0.2) is 77.7 Å². The number of hydrogen-bond donors (Lipinski definition) is 1. The number of methoxy groups -OCH3 is 1. The van der Waals surface area contributed by atoms with Crippen LogP contribution in [0, 0.1) is 6.92 Å². The van der Waals surface area contributed by atoms with E-state index < -0.39 is 22.5 Å². The van der Waals surface area contributed by atoms with E-state index in [0.29, 0.717) is 5.02 Å². The zero-order valence-corrected chi connectivity index (χ0v) is 19.7. The molecule has 1 amide bonds. The fourth-order valence-corrected chi connectivity index (χ4v) is 4.84. The lowest BCUT2D eigenvalue weighted by molar-refractivity contribution is -0.120. The molecule has 0 aliphatic rings. The molecule has 0 aliphatic heterocycles. The fraction of sp³-hybridized carbons (Fsp3) is 0.208. The van der Waals surface area contributed by atoms with E-state index in [1.165, 1.54) is 25.3 Å². The molecule has 0 aliphatic carbocycles. The molecule has 0 unspecified atom stereocenters. The lowest BCUT2D eigenvalue weighted by Gasteiger charge is -2.26. The zero-order chi connectivity index (χ0) is 23.3. The van der Waals surface area contributed by atoms with Crippen molar-refractivity contribution in [3.05, 3.63) is 88.9 Å². The first kappa shape index (κ1) is 23.6. The van der Waals surface area contributed by atoms with Crippen LogP contribution in [-0.4, -0.2) is 28.0 Å². The summed E-state index contributed by atoms with van der Waals surface area (Å²) in [5.41, 5.74) is 2.21. The number of carbonyl (C=O) groups is 1. The van der Waals surface area contributed by atoms with Gasteiger partial charge in [-0.2, -0.15) is 0 Å². The Kier molecular flexibility index (Phi) is 7.43. The molecular formula is C24H25ClN2O4S. The number of ether oxygens (including phenoxy) is 1. The third-order valence-corrected chi connectivity index (χ3v) is 6.99. The van der Waals surface area contributed by atoms with E-state index in [-0.39, 0.29) is 22.4 Å². The van der Waals surface area contributed by atoms with Crippen LogP contribution in [0.25, 0.3) is 0 Å². The van der Waals surface area contributed by atoms with Crippen molar-refractivity contribution in [3.63, 3.8) is 0 Å². The second-order valence-corrected chi connectivity index (χ2v) is 9.64. The third kappa shape index (κ3) is 5.41. The van der Waals surface area contributed by atoms with Gasteiger partial charge in [-0.25, -0.2) is 8.42 Å². The van der Waals surface area contributed by atoms with Gasteiger partial charge in [0, 0.05) is 5.02 Å². The average molecular weight is 473 g/mol. The molecule has 0 radical (unpaired) electrons. The summed E-state index contributed by atoms with van der Waals surface area (Å²) < 4.78 is 33.4. The number of amides is 1. The molecule has 0 fully saturated rings. The number of hydrogen-bond acceptors (Lipinski definition) is 4. The minimum atomic E-state index is -4.07. The van der Waals surface area contributed by atoms with Gasteiger partial charge in [-0.1, -0.05) is 59.6 Å². The Labute approximate surface area is 193 Å². The summed E-state index contributed by atoms with van der Waals surface area (Å²) in [6.07, 6.45) is 0. The second kappa shape index (κ2) is 10.1. The topological polar surface area (TPSA) is 75.7 Å². The summed E-state index contributed by atoms with van der Waals surface area (Å²) in [5, 5.41) is 3.19. The van der Waals surface area contributed by atoms with Crippen molar-refractivity contribution in [1.82, 2.24) is 5.32 Å². The van der Waals surface area contributed by atoms with Crippen molar-refractivity contribution in [3.8, 4) is 5.75 Å². The van der Waals surface area contributed by atoms with Crippen LogP contribution in [0.1, 0.15) is 24.1 Å². The van der Waals surface area contributed by atoms with Crippen molar-refractivity contribution in [2.75, 3.05) is 18.0 Å². The molecular weight excluding hydrogens is 448 g/mol. The summed E-state index contributed by atoms with van der Waals surface area (Å²) in [7, 11) is -2.64. The first-order valence-corrected chi connectivity index (χ1v) is 11.8. The van der Waals surface area contributed by atoms with E-state index in [1.54, 1.807) is 30.3 Å². The number of rotatable bonds is 8. The Bertz CT molecular complexity index is 1180. The molecule has 1 N–H and O–H groups in total. The van der Waals surface area contributed by atoms with E-state index in [4.69, 9.17) is 16.3 Å². The van der Waals surface area contributed by atoms with E-state index >= 15 is 0 Å². The van der Waals surface area contributed by atoms with E-state index in [9.17, 15) is 13.2 Å². The first-order valence-electron chi connectivity index (χ1n) is 9.99. The Morgan fingerprint density at radius 1 is 1.06 bits per heavy atom. The third-order valence-electron chi connectivity index (χ3n) is 4.98. The van der Waals surface area contributed by atoms with Crippen LogP contribution in [0.3, 0.4) is 0 Å². The largest absolute Gasteiger partial charge is 0.495 e. The van der Waals surface area contributed by atoms with Crippen molar-refractivity contribution in [2.24, 2.45) is 0 Å². The van der Waals surface area contributed by atoms with Gasteiger partial charge in [0.15, 0.2) is 0 Å². The normalized spacial score (nSPS) is 12.1. The number of sulfonamides is 1. The van der Waals surface area contributed by atoms with Gasteiger partial charge in [0.1, 0.15) is 12.3 Å². The maximum absolute atomic E-state index is 13.5. The quantitative estimate of drug-likeness (QED) is 0.514. The number of nitrogens with one attached hydrogen (secondary N) is 1. The highest BCUT2D eigenvalue weighted by Crippen LogP contribution is 2.34. The predicted molar refractivity (Wildman–Crippen MR) is 127 cm³/mol. The summed E-state index contributed by atoms with van der Waals surface area (Å²) in [6, 6.07) is 20.0. The number of benzene rings is 3. The Morgan fingerprint density at radius 2 is 1.72 bits per heavy atom. The second-order valence-electron chi connectivity index (χ2n) is 7.34. The highest BCUT2D eigenvalue weighted by atomic mass is 35.5. The van der Waals surface area contributed by atoms with E-state index in [2.05, 4.69) is 5.32 Å². The minimum absolute atomic E-state index is 0.0569. The van der Waals surface area contributed by atoms with Crippen molar-refractivity contribution in [1.29, 1.82) is 0 Å². The molecule has 168 valence electrons. The molecule has 0 saturated heterocycles. The van der Waals surface area contributed by atoms with Gasteiger partial charge in [-0.3, -0.25) is 9.10 Å². The Morgan fingerprint density at radius 3 is 2.34 bits per heavy atom. The molecule has 3 aromatic rings. The molecule has 1 atom stereocenters. The summed E-state index contributed by atoms with van der Waals surface area (Å²) in [4.78, 5) is 13.0. The summed E-state index contributed by atoms with van der Waals surface area (Å²) in [6.45, 7) is 3.39. The smallest absolute Gasteiger partial charge is 0.264 e. The fourth-order valence-electron chi connectivity index (χ4n) is 3.23. The molecule has 0 spiro atoms. The number of aryl methyl sites for hydroxylation is 1. The van der Waals surface area contributed by atoms with Crippen LogP contribution in [0.4, 0.5) is 5.69 Å². The molecule has 3 rings (SSSR count). The van der Waals surface area contributed by atoms with Crippen LogP contribution >= 0.6 is 11.6 Å². The zero-order valence-electron chi connectivity index (χ0n) is 18.1. The number of halogens is 1. The minimum Gasteiger partial charge on any atom is -0.495 e. The van der Waals surface area contributed by atoms with Gasteiger partial charge in [0.05, 0.1) is 23.7 Å². The first-order chi connectivity index (χ1) is 15.2. The lowest BCUT2D eigenvalue weighted by atomic mass is 10.1. The van der Waals surface area contributed by atoms with Gasteiger partial charge in [-0.05, 0) is 49.7 Å². The van der Waals surface area contributed by atoms with Crippen LogP contribution in [0.5, 0.6) is 5.75 Å². The molecule has 0 bridgehead atoms. The molecule has 32 heavy (non-hydrogen) atoms. The van der Waals surface area contributed by atoms with Gasteiger partial charge in [-0.15, -0.1) is 0 Å². The van der Waals surface area contributed by atoms with Gasteiger partial charge < -0.3 is 10.1 Å². The standard InChI is InChI=1S/C24H25ClN2O4S/c1-17-9-11-19(12-10-17)18(2)26-24(28)16-27(22-15-20(25)13-14-23(22)31-3)32(29,30)21-7-5-4-6-8-21/h4-15,18H,16H2,1-3H3,(H,26,28)/t18-/m0/s1. The molecule has 0 aromatic heterocycles. The lowest BCUT2D eigenvalue weighted by Crippen LogP contribution is -2.41. The maximum atomic E-state index is 13.5. The summed E-state index contributed by atoms with van der Waals surface area (Å²) in [5.74, 6) is -0.173. The van der Waals surface area contributed by atoms with Gasteiger partial charge in [0.25, 0.3) is 10.0 Å². The molecule has 8 heteroatoms. The van der Waals surface area contributed by atoms with Crippen LogP contribution < -0.4 is 14.4 Å².